The van der Waals surface area contributed by atoms with E-state index in [1.165, 1.54) is 12.8 Å². The van der Waals surface area contributed by atoms with Crippen molar-refractivity contribution >= 4 is 6.03 Å². The van der Waals surface area contributed by atoms with Crippen LogP contribution in [-0.2, 0) is 0 Å². The molecule has 0 saturated heterocycles. The number of nitrogens with two attached hydrogens (primary N) is 1. The Morgan fingerprint density at radius 3 is 2.93 bits per heavy atom. The van der Waals surface area contributed by atoms with Gasteiger partial charge in [-0.15, -0.1) is 0 Å². The van der Waals surface area contributed by atoms with Crippen LogP contribution in [0.1, 0.15) is 32.6 Å². The third kappa shape index (κ3) is 3.54. The molecule has 2 atom stereocenters. The molecule has 0 bridgehead atoms. The van der Waals surface area contributed by atoms with Gasteiger partial charge in [-0.3, -0.25) is 0 Å². The first-order valence-electron chi connectivity index (χ1n) is 5.50. The lowest BCUT2D eigenvalue weighted by Crippen LogP contribution is -2.44. The highest BCUT2D eigenvalue weighted by molar-refractivity contribution is 5.74. The molecule has 82 valence electrons. The monoisotopic (exact) mass is 199 g/mol. The van der Waals surface area contributed by atoms with Crippen LogP contribution in [-0.4, -0.2) is 25.2 Å². The van der Waals surface area contributed by atoms with Crippen molar-refractivity contribution in [1.82, 2.24) is 10.6 Å². The van der Waals surface area contributed by atoms with Crippen LogP contribution in [0, 0.1) is 5.92 Å². The van der Waals surface area contributed by atoms with Crippen LogP contribution in [0.25, 0.3) is 0 Å². The van der Waals surface area contributed by atoms with Crippen LogP contribution in [0.5, 0.6) is 0 Å². The Labute approximate surface area is 85.6 Å². The van der Waals surface area contributed by atoms with Gasteiger partial charge in [0.25, 0.3) is 0 Å². The summed E-state index contributed by atoms with van der Waals surface area (Å²) in [4.78, 5) is 11.3. The molecule has 1 saturated carbocycles. The summed E-state index contributed by atoms with van der Waals surface area (Å²) in [6.45, 7) is 3.34. The summed E-state index contributed by atoms with van der Waals surface area (Å²) in [6, 6.07) is 0.277. The quantitative estimate of drug-likeness (QED) is 0.630. The summed E-state index contributed by atoms with van der Waals surface area (Å²) in [7, 11) is 0. The molecule has 0 spiro atoms. The maximum absolute atomic E-state index is 11.3. The van der Waals surface area contributed by atoms with Gasteiger partial charge in [0.2, 0.25) is 0 Å². The van der Waals surface area contributed by atoms with Gasteiger partial charge in [0.05, 0.1) is 0 Å². The molecule has 1 rings (SSSR count). The van der Waals surface area contributed by atoms with E-state index >= 15 is 0 Å². The van der Waals surface area contributed by atoms with E-state index < -0.39 is 0 Å². The fraction of sp³-hybridized carbons (Fsp3) is 0.900. The summed E-state index contributed by atoms with van der Waals surface area (Å²) in [5.74, 6) is 0.593. The van der Waals surface area contributed by atoms with Crippen molar-refractivity contribution in [3.8, 4) is 0 Å². The summed E-state index contributed by atoms with van der Waals surface area (Å²) < 4.78 is 0. The van der Waals surface area contributed by atoms with Gasteiger partial charge < -0.3 is 16.4 Å². The van der Waals surface area contributed by atoms with Crippen molar-refractivity contribution in [3.63, 3.8) is 0 Å². The highest BCUT2D eigenvalue weighted by Crippen LogP contribution is 2.23. The predicted octanol–water partition coefficient (Wildman–Crippen LogP) is 0.823. The normalized spacial score (nSPS) is 27.0. The molecule has 0 radical (unpaired) electrons. The maximum atomic E-state index is 11.3. The van der Waals surface area contributed by atoms with E-state index in [4.69, 9.17) is 5.73 Å². The summed E-state index contributed by atoms with van der Waals surface area (Å²) in [5, 5.41) is 5.72. The largest absolute Gasteiger partial charge is 0.338 e. The lowest BCUT2D eigenvalue weighted by molar-refractivity contribution is 0.226. The van der Waals surface area contributed by atoms with Crippen molar-refractivity contribution in [2.45, 2.75) is 38.6 Å². The summed E-state index contributed by atoms with van der Waals surface area (Å²) >= 11 is 0. The molecule has 1 fully saturated rings. The van der Waals surface area contributed by atoms with E-state index in [0.29, 0.717) is 18.5 Å². The van der Waals surface area contributed by atoms with Gasteiger partial charge >= 0.3 is 6.03 Å². The standard InChI is InChI=1S/C10H21N3O/c1-2-12-10(14)13-9-5-3-4-8(6-9)7-11/h8-9H,2-7,11H2,1H3,(H2,12,13,14). The average Bonchev–Trinajstić information content (AvgIpc) is 2.18. The minimum Gasteiger partial charge on any atom is -0.338 e. The molecule has 4 nitrogen and oxygen atoms in total. The zero-order chi connectivity index (χ0) is 10.4. The molecule has 1 aliphatic carbocycles. The number of nitrogens with one attached hydrogen (secondary N) is 2. The highest BCUT2D eigenvalue weighted by atomic mass is 16.2. The third-order valence-corrected chi connectivity index (χ3v) is 2.79. The van der Waals surface area contributed by atoms with Crippen molar-refractivity contribution in [3.05, 3.63) is 0 Å². The van der Waals surface area contributed by atoms with Crippen molar-refractivity contribution in [2.75, 3.05) is 13.1 Å². The van der Waals surface area contributed by atoms with Gasteiger partial charge in [0.1, 0.15) is 0 Å². The average molecular weight is 199 g/mol. The lowest BCUT2D eigenvalue weighted by Gasteiger charge is -2.28. The van der Waals surface area contributed by atoms with Gasteiger partial charge in [-0.1, -0.05) is 6.42 Å². The number of carbonyl (C=O) groups excluding carboxylic acids is 1. The van der Waals surface area contributed by atoms with E-state index in [9.17, 15) is 4.79 Å². The first-order chi connectivity index (χ1) is 6.76. The second kappa shape index (κ2) is 5.86. The number of rotatable bonds is 3. The van der Waals surface area contributed by atoms with E-state index in [1.54, 1.807) is 0 Å². The fourth-order valence-electron chi connectivity index (χ4n) is 2.03. The molecule has 2 unspecified atom stereocenters. The molecule has 0 heterocycles. The van der Waals surface area contributed by atoms with Gasteiger partial charge in [-0.25, -0.2) is 4.79 Å². The number of hydrogen-bond donors (Lipinski definition) is 3. The third-order valence-electron chi connectivity index (χ3n) is 2.79. The minimum absolute atomic E-state index is 0.0461. The van der Waals surface area contributed by atoms with Crippen molar-refractivity contribution < 1.29 is 4.79 Å². The maximum Gasteiger partial charge on any atom is 0.314 e. The Bertz CT molecular complexity index is 184. The molecule has 4 N–H and O–H groups in total. The Morgan fingerprint density at radius 2 is 2.29 bits per heavy atom. The molecular weight excluding hydrogens is 178 g/mol. The van der Waals surface area contributed by atoms with Crippen LogP contribution in [0.15, 0.2) is 0 Å². The zero-order valence-corrected chi connectivity index (χ0v) is 8.88. The van der Waals surface area contributed by atoms with E-state index in [2.05, 4.69) is 10.6 Å². The van der Waals surface area contributed by atoms with E-state index in [1.807, 2.05) is 6.92 Å². The molecule has 0 aliphatic heterocycles. The van der Waals surface area contributed by atoms with Crippen LogP contribution in [0.3, 0.4) is 0 Å². The van der Waals surface area contributed by atoms with Gasteiger partial charge in [-0.2, -0.15) is 0 Å². The molecule has 0 aromatic carbocycles. The molecule has 1 aliphatic rings. The molecular formula is C10H21N3O. The second-order valence-corrected chi connectivity index (χ2v) is 3.97. The zero-order valence-electron chi connectivity index (χ0n) is 8.88. The molecule has 14 heavy (non-hydrogen) atoms. The Morgan fingerprint density at radius 1 is 1.50 bits per heavy atom. The Balaban J connectivity index is 2.26. The number of carbonyl (C=O) groups is 1. The van der Waals surface area contributed by atoms with Crippen LogP contribution < -0.4 is 16.4 Å². The summed E-state index contributed by atoms with van der Waals surface area (Å²) in [6.07, 6.45) is 4.52. The highest BCUT2D eigenvalue weighted by Gasteiger charge is 2.21. The van der Waals surface area contributed by atoms with Gasteiger partial charge in [-0.05, 0) is 38.6 Å². The number of hydrogen-bond acceptors (Lipinski definition) is 2. The summed E-state index contributed by atoms with van der Waals surface area (Å²) in [5.41, 5.74) is 5.63. The molecule has 4 heteroatoms. The fourth-order valence-corrected chi connectivity index (χ4v) is 2.03. The SMILES string of the molecule is CCNC(=O)NC1CCCC(CN)C1. The lowest BCUT2D eigenvalue weighted by atomic mass is 9.86. The van der Waals surface area contributed by atoms with Crippen LogP contribution >= 0.6 is 0 Å². The first-order valence-corrected chi connectivity index (χ1v) is 5.50. The first kappa shape index (κ1) is 11.3. The second-order valence-electron chi connectivity index (χ2n) is 3.97. The van der Waals surface area contributed by atoms with Crippen molar-refractivity contribution in [2.24, 2.45) is 11.7 Å². The number of urea groups is 1. The smallest absolute Gasteiger partial charge is 0.314 e. The molecule has 0 aromatic rings. The van der Waals surface area contributed by atoms with Gasteiger partial charge in [0, 0.05) is 12.6 Å². The Kier molecular flexibility index (Phi) is 4.73. The molecule has 2 amide bonds. The number of amides is 2. The predicted molar refractivity (Wildman–Crippen MR) is 57.0 cm³/mol. The van der Waals surface area contributed by atoms with Crippen molar-refractivity contribution in [1.29, 1.82) is 0 Å². The van der Waals surface area contributed by atoms with Crippen LogP contribution in [0.4, 0.5) is 4.79 Å². The van der Waals surface area contributed by atoms with Crippen LogP contribution in [0.2, 0.25) is 0 Å². The van der Waals surface area contributed by atoms with E-state index in [0.717, 1.165) is 19.4 Å². The van der Waals surface area contributed by atoms with E-state index in [-0.39, 0.29) is 6.03 Å². The topological polar surface area (TPSA) is 67.2 Å². The Hall–Kier alpha value is -0.770. The minimum atomic E-state index is -0.0461. The van der Waals surface area contributed by atoms with Gasteiger partial charge in [0.15, 0.2) is 0 Å². The molecule has 0 aromatic heterocycles.